The van der Waals surface area contributed by atoms with Crippen LogP contribution in [0.1, 0.15) is 25.7 Å². The molecule has 0 saturated carbocycles. The smallest absolute Gasteiger partial charge is 0.320 e. The minimum atomic E-state index is -0.784. The molecule has 6 heteroatoms. The molecule has 0 aromatic carbocycles. The van der Waals surface area contributed by atoms with Crippen LogP contribution in [0.4, 0.5) is 4.79 Å². The molecule has 108 valence electrons. The zero-order valence-electron chi connectivity index (χ0n) is 11.4. The van der Waals surface area contributed by atoms with Gasteiger partial charge >= 0.3 is 12.0 Å². The van der Waals surface area contributed by atoms with Crippen LogP contribution < -0.4 is 0 Å². The van der Waals surface area contributed by atoms with Gasteiger partial charge in [-0.15, -0.1) is 0 Å². The van der Waals surface area contributed by atoms with Gasteiger partial charge in [0, 0.05) is 31.4 Å². The maximum absolute atomic E-state index is 12.4. The molecule has 1 N–H and O–H groups in total. The van der Waals surface area contributed by atoms with Gasteiger partial charge in [0.25, 0.3) is 0 Å². The monoisotopic (exact) mass is 286 g/mol. The molecule has 0 aromatic rings. The first kappa shape index (κ1) is 14.5. The van der Waals surface area contributed by atoms with Crippen molar-refractivity contribution in [3.8, 4) is 0 Å². The number of carboxylic acid groups (broad SMARTS) is 1. The van der Waals surface area contributed by atoms with E-state index in [1.54, 1.807) is 4.90 Å². The average Bonchev–Trinajstić information content (AvgIpc) is 2.77. The lowest BCUT2D eigenvalue weighted by Crippen LogP contribution is -2.43. The van der Waals surface area contributed by atoms with Gasteiger partial charge in [0.1, 0.15) is 0 Å². The summed E-state index contributed by atoms with van der Waals surface area (Å²) in [5.41, 5.74) is 0. The van der Waals surface area contributed by atoms with Crippen LogP contribution in [0.15, 0.2) is 0 Å². The molecule has 2 saturated heterocycles. The van der Waals surface area contributed by atoms with E-state index in [4.69, 9.17) is 5.11 Å². The first-order chi connectivity index (χ1) is 9.11. The van der Waals surface area contributed by atoms with Crippen LogP contribution >= 0.6 is 11.8 Å². The van der Waals surface area contributed by atoms with Crippen molar-refractivity contribution in [3.05, 3.63) is 0 Å². The Kier molecular flexibility index (Phi) is 4.96. The number of rotatable bonds is 2. The zero-order valence-corrected chi connectivity index (χ0v) is 12.2. The molecule has 0 spiro atoms. The van der Waals surface area contributed by atoms with Crippen molar-refractivity contribution in [3.63, 3.8) is 0 Å². The highest BCUT2D eigenvalue weighted by Gasteiger charge is 2.33. The summed E-state index contributed by atoms with van der Waals surface area (Å²) in [5, 5.41) is 9.64. The highest BCUT2D eigenvalue weighted by atomic mass is 32.2. The Morgan fingerprint density at radius 1 is 1.11 bits per heavy atom. The third kappa shape index (κ3) is 3.55. The van der Waals surface area contributed by atoms with Crippen LogP contribution in [-0.4, -0.2) is 64.6 Å². The lowest BCUT2D eigenvalue weighted by atomic mass is 10.1. The van der Waals surface area contributed by atoms with E-state index in [-0.39, 0.29) is 11.9 Å². The first-order valence-corrected chi connectivity index (χ1v) is 8.20. The molecular formula is C13H22N2O3S. The Morgan fingerprint density at radius 3 is 2.47 bits per heavy atom. The van der Waals surface area contributed by atoms with Crippen molar-refractivity contribution in [2.45, 2.75) is 30.9 Å². The summed E-state index contributed by atoms with van der Waals surface area (Å²) < 4.78 is 0. The van der Waals surface area contributed by atoms with E-state index in [1.807, 2.05) is 16.7 Å². The molecule has 0 bridgehead atoms. The Hall–Kier alpha value is -0.910. The fourth-order valence-corrected chi connectivity index (χ4v) is 3.57. The van der Waals surface area contributed by atoms with Crippen molar-refractivity contribution >= 4 is 23.8 Å². The Balaban J connectivity index is 1.88. The topological polar surface area (TPSA) is 60.9 Å². The molecule has 2 atom stereocenters. The second kappa shape index (κ2) is 6.50. The fraction of sp³-hybridized carbons (Fsp3) is 0.846. The number of thioether (sulfide) groups is 1. The van der Waals surface area contributed by atoms with Crippen LogP contribution in [0.3, 0.4) is 0 Å². The van der Waals surface area contributed by atoms with Gasteiger partial charge in [-0.2, -0.15) is 11.8 Å². The highest BCUT2D eigenvalue weighted by Crippen LogP contribution is 2.23. The molecule has 2 aliphatic rings. The number of hydrogen-bond acceptors (Lipinski definition) is 3. The van der Waals surface area contributed by atoms with Gasteiger partial charge < -0.3 is 14.9 Å². The molecule has 2 amide bonds. The van der Waals surface area contributed by atoms with Crippen LogP contribution in [0.2, 0.25) is 0 Å². The second-order valence-corrected chi connectivity index (χ2v) is 6.47. The van der Waals surface area contributed by atoms with Crippen molar-refractivity contribution in [2.75, 3.05) is 32.4 Å². The predicted molar refractivity (Wildman–Crippen MR) is 75.4 cm³/mol. The molecule has 2 unspecified atom stereocenters. The third-order valence-electron chi connectivity index (χ3n) is 4.09. The van der Waals surface area contributed by atoms with Crippen LogP contribution in [0.5, 0.6) is 0 Å². The van der Waals surface area contributed by atoms with Gasteiger partial charge in [0.2, 0.25) is 0 Å². The molecule has 0 radical (unpaired) electrons. The van der Waals surface area contributed by atoms with Crippen molar-refractivity contribution in [2.24, 2.45) is 5.92 Å². The number of hydrogen-bond donors (Lipinski definition) is 1. The summed E-state index contributed by atoms with van der Waals surface area (Å²) in [6.45, 7) is 2.57. The molecule has 2 aliphatic heterocycles. The van der Waals surface area contributed by atoms with Crippen molar-refractivity contribution < 1.29 is 14.7 Å². The van der Waals surface area contributed by atoms with Crippen LogP contribution in [0, 0.1) is 5.92 Å². The van der Waals surface area contributed by atoms with Crippen LogP contribution in [-0.2, 0) is 4.79 Å². The van der Waals surface area contributed by atoms with Crippen LogP contribution in [0.25, 0.3) is 0 Å². The van der Waals surface area contributed by atoms with E-state index in [1.165, 1.54) is 6.42 Å². The summed E-state index contributed by atoms with van der Waals surface area (Å²) in [6, 6.07) is 0.0329. The van der Waals surface area contributed by atoms with Gasteiger partial charge in [0.05, 0.1) is 5.92 Å². The normalized spacial score (nSPS) is 28.3. The van der Waals surface area contributed by atoms with E-state index in [9.17, 15) is 9.59 Å². The van der Waals surface area contributed by atoms with E-state index >= 15 is 0 Å². The third-order valence-corrected chi connectivity index (χ3v) is 5.23. The Morgan fingerprint density at radius 2 is 1.84 bits per heavy atom. The molecular weight excluding hydrogens is 264 g/mol. The fourth-order valence-electron chi connectivity index (χ4n) is 2.83. The van der Waals surface area contributed by atoms with Crippen molar-refractivity contribution in [1.29, 1.82) is 0 Å². The van der Waals surface area contributed by atoms with E-state index in [0.29, 0.717) is 24.8 Å². The molecule has 2 fully saturated rings. The minimum Gasteiger partial charge on any atom is -0.481 e. The average molecular weight is 286 g/mol. The molecule has 19 heavy (non-hydrogen) atoms. The summed E-state index contributed by atoms with van der Waals surface area (Å²) in [4.78, 5) is 26.9. The number of nitrogens with zero attached hydrogens (tertiary/aromatic N) is 2. The molecule has 5 nitrogen and oxygen atoms in total. The number of amides is 2. The quantitative estimate of drug-likeness (QED) is 0.840. The summed E-state index contributed by atoms with van der Waals surface area (Å²) in [6.07, 6.45) is 5.97. The number of likely N-dealkylation sites (tertiary alicyclic amines) is 2. The van der Waals surface area contributed by atoms with Gasteiger partial charge in [-0.25, -0.2) is 4.79 Å². The maximum atomic E-state index is 12.4. The lowest BCUT2D eigenvalue weighted by molar-refractivity contribution is -0.141. The lowest BCUT2D eigenvalue weighted by Gasteiger charge is -2.26. The number of urea groups is 1. The number of carbonyl (C=O) groups is 2. The molecule has 2 heterocycles. The van der Waals surface area contributed by atoms with E-state index in [2.05, 4.69) is 6.26 Å². The van der Waals surface area contributed by atoms with Gasteiger partial charge in [-0.05, 0) is 31.9 Å². The van der Waals surface area contributed by atoms with Gasteiger partial charge in [-0.1, -0.05) is 0 Å². The maximum Gasteiger partial charge on any atom is 0.320 e. The highest BCUT2D eigenvalue weighted by molar-refractivity contribution is 7.99. The largest absolute Gasteiger partial charge is 0.481 e. The standard InChI is InChI=1S/C13H22N2O3S/c1-19-11-3-2-6-14(8-5-11)13(18)15-7-4-10(9-15)12(16)17/h10-11H,2-9H2,1H3,(H,16,17). The second-order valence-electron chi connectivity index (χ2n) is 5.33. The Labute approximate surface area is 118 Å². The zero-order chi connectivity index (χ0) is 13.8. The molecule has 0 aromatic heterocycles. The SMILES string of the molecule is CSC1CCCN(C(=O)N2CCC(C(=O)O)C2)CC1. The summed E-state index contributed by atoms with van der Waals surface area (Å²) >= 11 is 1.88. The summed E-state index contributed by atoms with van der Waals surface area (Å²) in [5.74, 6) is -1.16. The number of carboxylic acids is 1. The number of carbonyl (C=O) groups excluding carboxylic acids is 1. The summed E-state index contributed by atoms with van der Waals surface area (Å²) in [7, 11) is 0. The van der Waals surface area contributed by atoms with E-state index in [0.717, 1.165) is 25.9 Å². The van der Waals surface area contributed by atoms with Gasteiger partial charge in [-0.3, -0.25) is 4.79 Å². The Bertz CT molecular complexity index is 351. The van der Waals surface area contributed by atoms with Crippen molar-refractivity contribution in [1.82, 2.24) is 9.80 Å². The van der Waals surface area contributed by atoms with E-state index < -0.39 is 5.97 Å². The first-order valence-electron chi connectivity index (χ1n) is 6.91. The number of aliphatic carboxylic acids is 1. The van der Waals surface area contributed by atoms with Gasteiger partial charge in [0.15, 0.2) is 0 Å². The minimum absolute atomic E-state index is 0.0329. The predicted octanol–water partition coefficient (Wildman–Crippen LogP) is 1.73. The molecule has 2 rings (SSSR count). The molecule has 0 aliphatic carbocycles.